The number of benzene rings is 1. The Morgan fingerprint density at radius 1 is 1.14 bits per heavy atom. The zero-order valence-electron chi connectivity index (χ0n) is 22.1. The van der Waals surface area contributed by atoms with E-state index in [1.54, 1.807) is 4.31 Å². The van der Waals surface area contributed by atoms with Gasteiger partial charge in [0, 0.05) is 36.1 Å². The Morgan fingerprint density at radius 2 is 1.84 bits per heavy atom. The molecule has 0 spiro atoms. The molecule has 2 aromatic rings. The lowest BCUT2D eigenvalue weighted by Gasteiger charge is -2.39. The van der Waals surface area contributed by atoms with Crippen LogP contribution in [0.2, 0.25) is 0 Å². The smallest absolute Gasteiger partial charge is 0.341 e. The Bertz CT molecular complexity index is 1350. The van der Waals surface area contributed by atoms with E-state index in [9.17, 15) is 18.0 Å². The number of fused-ring (bicyclic) bond motifs is 3. The van der Waals surface area contributed by atoms with Crippen molar-refractivity contribution < 1.29 is 22.7 Å². The van der Waals surface area contributed by atoms with Crippen LogP contribution in [0.4, 0.5) is 5.00 Å². The monoisotopic (exact) mass is 545 g/mol. The molecule has 1 aromatic heterocycles. The van der Waals surface area contributed by atoms with Gasteiger partial charge < -0.3 is 15.0 Å². The first-order valence-electron chi connectivity index (χ1n) is 12.7. The third-order valence-electron chi connectivity index (χ3n) is 7.95. The fraction of sp³-hybridized carbons (Fsp3) is 0.556. The van der Waals surface area contributed by atoms with Gasteiger partial charge in [-0.3, -0.25) is 4.79 Å². The third-order valence-corrected chi connectivity index (χ3v) is 11.0. The molecule has 1 saturated heterocycles. The average molecular weight is 546 g/mol. The molecule has 1 N–H and O–H groups in total. The Balaban J connectivity index is 1.36. The van der Waals surface area contributed by atoms with Crippen molar-refractivity contribution in [1.29, 1.82) is 0 Å². The number of thiophene rings is 1. The fourth-order valence-electron chi connectivity index (χ4n) is 6.72. The lowest BCUT2D eigenvalue weighted by molar-refractivity contribution is 0.0600. The van der Waals surface area contributed by atoms with Crippen molar-refractivity contribution in [1.82, 2.24) is 9.21 Å². The number of hydrogen-bond acceptors (Lipinski definition) is 7. The Labute approximate surface area is 223 Å². The van der Waals surface area contributed by atoms with E-state index < -0.39 is 21.9 Å². The van der Waals surface area contributed by atoms with Gasteiger partial charge in [-0.25, -0.2) is 13.2 Å². The molecule has 2 aliphatic heterocycles. The quantitative estimate of drug-likeness (QED) is 0.561. The molecule has 3 aliphatic rings. The van der Waals surface area contributed by atoms with Crippen LogP contribution in [0, 0.1) is 10.8 Å². The van der Waals surface area contributed by atoms with Gasteiger partial charge in [-0.15, -0.1) is 11.3 Å². The molecule has 0 radical (unpaired) electrons. The van der Waals surface area contributed by atoms with Crippen LogP contribution in [0.5, 0.6) is 0 Å². The molecule has 10 heteroatoms. The van der Waals surface area contributed by atoms with Gasteiger partial charge in [-0.05, 0) is 73.4 Å². The average Bonchev–Trinajstić information content (AvgIpc) is 3.30. The molecule has 37 heavy (non-hydrogen) atoms. The van der Waals surface area contributed by atoms with Crippen LogP contribution in [-0.4, -0.2) is 62.8 Å². The molecular formula is C27H35N3O5S2. The highest BCUT2D eigenvalue weighted by molar-refractivity contribution is 7.89. The minimum Gasteiger partial charge on any atom is -0.465 e. The van der Waals surface area contributed by atoms with Crippen molar-refractivity contribution in [3.8, 4) is 0 Å². The number of likely N-dealkylation sites (N-methyl/N-ethyl adjacent to an activating group) is 1. The highest BCUT2D eigenvalue weighted by Gasteiger charge is 2.53. The van der Waals surface area contributed by atoms with Crippen molar-refractivity contribution in [3.63, 3.8) is 0 Å². The second-order valence-electron chi connectivity index (χ2n) is 11.9. The summed E-state index contributed by atoms with van der Waals surface area (Å²) in [5.41, 5.74) is 1.78. The predicted molar refractivity (Wildman–Crippen MR) is 144 cm³/mol. The molecule has 1 amide bonds. The van der Waals surface area contributed by atoms with E-state index in [0.717, 1.165) is 36.2 Å². The van der Waals surface area contributed by atoms with Gasteiger partial charge in [0.15, 0.2) is 0 Å². The van der Waals surface area contributed by atoms with Crippen LogP contribution in [0.25, 0.3) is 0 Å². The number of nitrogens with one attached hydrogen (secondary N) is 1. The predicted octanol–water partition coefficient (Wildman–Crippen LogP) is 4.36. The van der Waals surface area contributed by atoms with Crippen LogP contribution < -0.4 is 5.32 Å². The van der Waals surface area contributed by atoms with Crippen molar-refractivity contribution in [2.45, 2.75) is 63.9 Å². The third kappa shape index (κ3) is 4.84. The first kappa shape index (κ1) is 26.3. The summed E-state index contributed by atoms with van der Waals surface area (Å²) in [6.07, 6.45) is 3.46. The fourth-order valence-corrected chi connectivity index (χ4v) is 9.80. The number of hydrogen-bond donors (Lipinski definition) is 1. The highest BCUT2D eigenvalue weighted by atomic mass is 32.2. The molecule has 1 aliphatic carbocycles. The summed E-state index contributed by atoms with van der Waals surface area (Å²) in [6.45, 7) is 8.68. The van der Waals surface area contributed by atoms with Crippen molar-refractivity contribution in [2.75, 3.05) is 32.6 Å². The van der Waals surface area contributed by atoms with E-state index in [2.05, 4.69) is 31.0 Å². The summed E-state index contributed by atoms with van der Waals surface area (Å²) in [5, 5.41) is 3.34. The molecule has 8 nitrogen and oxygen atoms in total. The summed E-state index contributed by atoms with van der Waals surface area (Å²) >= 11 is 1.39. The number of nitrogens with zero attached hydrogens (tertiary/aromatic N) is 2. The Morgan fingerprint density at radius 3 is 2.51 bits per heavy atom. The SMILES string of the molecule is COC(=O)c1c(NC(=O)c2ccc(S(=O)(=O)N3CC4(C)CC3CC(C)(C)C4)cc2)sc2c1CCN(C)C2. The molecule has 1 aromatic carbocycles. The maximum atomic E-state index is 13.6. The number of methoxy groups -OCH3 is 1. The van der Waals surface area contributed by atoms with Gasteiger partial charge >= 0.3 is 5.97 Å². The second-order valence-corrected chi connectivity index (χ2v) is 14.9. The summed E-state index contributed by atoms with van der Waals surface area (Å²) in [7, 11) is -0.320. The molecule has 200 valence electrons. The van der Waals surface area contributed by atoms with Crippen molar-refractivity contribution in [3.05, 3.63) is 45.8 Å². The molecule has 2 atom stereocenters. The molecule has 1 saturated carbocycles. The number of amides is 1. The van der Waals surface area contributed by atoms with Gasteiger partial charge in [0.2, 0.25) is 10.0 Å². The van der Waals surface area contributed by atoms with Gasteiger partial charge in [-0.2, -0.15) is 4.31 Å². The second kappa shape index (κ2) is 9.18. The number of anilines is 1. The molecule has 2 fully saturated rings. The van der Waals surface area contributed by atoms with Gasteiger partial charge in [0.25, 0.3) is 5.91 Å². The number of rotatable bonds is 5. The van der Waals surface area contributed by atoms with E-state index >= 15 is 0 Å². The van der Waals surface area contributed by atoms with E-state index in [1.165, 1.54) is 42.7 Å². The van der Waals surface area contributed by atoms with Crippen LogP contribution in [0.1, 0.15) is 71.2 Å². The zero-order chi connectivity index (χ0) is 26.8. The summed E-state index contributed by atoms with van der Waals surface area (Å²) in [4.78, 5) is 29.0. The number of sulfonamides is 1. The number of ether oxygens (including phenoxy) is 1. The molecule has 2 bridgehead atoms. The van der Waals surface area contributed by atoms with Crippen molar-refractivity contribution >= 4 is 38.2 Å². The summed E-state index contributed by atoms with van der Waals surface area (Å²) in [6, 6.07) is 6.10. The molecule has 3 heterocycles. The van der Waals surface area contributed by atoms with Gasteiger partial charge in [0.05, 0.1) is 17.6 Å². The van der Waals surface area contributed by atoms with Gasteiger partial charge in [0.1, 0.15) is 5.00 Å². The maximum absolute atomic E-state index is 13.6. The topological polar surface area (TPSA) is 96.0 Å². The largest absolute Gasteiger partial charge is 0.465 e. The lowest BCUT2D eigenvalue weighted by Crippen LogP contribution is -2.37. The molecule has 2 unspecified atom stereocenters. The number of carbonyl (C=O) groups excluding carboxylic acids is 2. The van der Waals surface area contributed by atoms with Crippen LogP contribution in [0.3, 0.4) is 0 Å². The zero-order valence-corrected chi connectivity index (χ0v) is 23.7. The van der Waals surface area contributed by atoms with E-state index in [4.69, 9.17) is 4.74 Å². The minimum atomic E-state index is -3.67. The number of esters is 1. The maximum Gasteiger partial charge on any atom is 0.341 e. The van der Waals surface area contributed by atoms with Gasteiger partial charge in [-0.1, -0.05) is 20.8 Å². The first-order valence-corrected chi connectivity index (χ1v) is 14.9. The standard InChI is InChI=1S/C27H35N3O5S2/c1-26(2)12-18-13-27(3,15-26)16-30(18)37(33,34)19-8-6-17(7-9-19)23(31)28-24-22(25(32)35-5)20-10-11-29(4)14-21(20)36-24/h6-9,18H,10-16H2,1-5H3,(H,28,31). The Hall–Kier alpha value is -2.27. The van der Waals surface area contributed by atoms with E-state index in [1.807, 2.05) is 7.05 Å². The normalized spacial score (nSPS) is 25.5. The van der Waals surface area contributed by atoms with E-state index in [0.29, 0.717) is 35.6 Å². The first-order chi connectivity index (χ1) is 17.3. The van der Waals surface area contributed by atoms with E-state index in [-0.39, 0.29) is 21.8 Å². The summed E-state index contributed by atoms with van der Waals surface area (Å²) in [5.74, 6) is -0.862. The number of carbonyl (C=O) groups is 2. The highest BCUT2D eigenvalue weighted by Crippen LogP contribution is 2.53. The van der Waals surface area contributed by atoms with Crippen molar-refractivity contribution in [2.24, 2.45) is 10.8 Å². The minimum absolute atomic E-state index is 0.00220. The molecular weight excluding hydrogens is 510 g/mol. The molecule has 5 rings (SSSR count). The summed E-state index contributed by atoms with van der Waals surface area (Å²) < 4.78 is 33.8. The van der Waals surface area contributed by atoms with Crippen LogP contribution >= 0.6 is 11.3 Å². The lowest BCUT2D eigenvalue weighted by atomic mass is 9.65. The Kier molecular flexibility index (Phi) is 6.54. The van der Waals surface area contributed by atoms with Crippen LogP contribution in [0.15, 0.2) is 29.2 Å². The van der Waals surface area contributed by atoms with Crippen LogP contribution in [-0.2, 0) is 27.7 Å².